The van der Waals surface area contributed by atoms with Crippen molar-refractivity contribution in [2.75, 3.05) is 12.0 Å². The van der Waals surface area contributed by atoms with E-state index in [1.807, 2.05) is 19.9 Å². The molecular weight excluding hydrogens is 495 g/mol. The number of urea groups is 1. The molecule has 1 fully saturated rings. The number of nitrogens with one attached hydrogen (secondary N) is 1. The molecule has 1 aliphatic heterocycles. The van der Waals surface area contributed by atoms with Crippen LogP contribution in [-0.4, -0.2) is 25.2 Å². The van der Waals surface area contributed by atoms with Crippen molar-refractivity contribution in [1.29, 1.82) is 0 Å². The summed E-state index contributed by atoms with van der Waals surface area (Å²) in [5.41, 5.74) is 1.33. The van der Waals surface area contributed by atoms with Crippen molar-refractivity contribution in [3.8, 4) is 11.5 Å². The zero-order chi connectivity index (χ0) is 20.4. The molecule has 0 atom stereocenters. The molecule has 3 rings (SSSR count). The van der Waals surface area contributed by atoms with Crippen LogP contribution in [0.15, 0.2) is 42.1 Å². The van der Waals surface area contributed by atoms with E-state index < -0.39 is 11.9 Å². The normalized spacial score (nSPS) is 15.4. The van der Waals surface area contributed by atoms with Crippen molar-refractivity contribution >= 4 is 57.9 Å². The Bertz CT molecular complexity index is 957. The Hall–Kier alpha value is -2.26. The van der Waals surface area contributed by atoms with E-state index in [0.29, 0.717) is 27.8 Å². The van der Waals surface area contributed by atoms with Crippen LogP contribution in [0.25, 0.3) is 6.08 Å². The summed E-state index contributed by atoms with van der Waals surface area (Å²) in [7, 11) is 1.56. The van der Waals surface area contributed by atoms with E-state index in [1.165, 1.54) is 0 Å². The summed E-state index contributed by atoms with van der Waals surface area (Å²) in [6.07, 6.45) is 1.61. The number of nitrogens with zero attached hydrogens (tertiary/aromatic N) is 1. The minimum absolute atomic E-state index is 0.00440. The molecule has 1 heterocycles. The molecule has 1 aliphatic rings. The number of benzene rings is 2. The Kier molecular flexibility index (Phi) is 6.14. The summed E-state index contributed by atoms with van der Waals surface area (Å²) in [5.74, 6) is 0.757. The minimum Gasteiger partial charge on any atom is -0.493 e. The monoisotopic (exact) mass is 512 g/mol. The average Bonchev–Trinajstić information content (AvgIpc) is 2.91. The molecule has 0 unspecified atom stereocenters. The standard InChI is InChI=1S/C20H18ClIN2O4/c1-11(2)28-18-15(22)8-12(10-17(18)27-3)9-16-19(25)24(20(26)23-16)14-6-4-13(21)5-7-14/h4-11H,1-3H3,(H,23,26)/b16-9+. The molecule has 1 N–H and O–H groups in total. The van der Waals surface area contributed by atoms with Crippen LogP contribution in [0.4, 0.5) is 10.5 Å². The number of hydrogen-bond donors (Lipinski definition) is 1. The maximum Gasteiger partial charge on any atom is 0.333 e. The van der Waals surface area contributed by atoms with Gasteiger partial charge in [0.05, 0.1) is 22.5 Å². The van der Waals surface area contributed by atoms with Gasteiger partial charge in [0.2, 0.25) is 0 Å². The van der Waals surface area contributed by atoms with Crippen LogP contribution in [-0.2, 0) is 4.79 Å². The predicted octanol–water partition coefficient (Wildman–Crippen LogP) is 4.84. The molecule has 0 saturated carbocycles. The van der Waals surface area contributed by atoms with Crippen molar-refractivity contribution in [3.63, 3.8) is 0 Å². The van der Waals surface area contributed by atoms with Crippen LogP contribution in [0.1, 0.15) is 19.4 Å². The number of hydrogen-bond acceptors (Lipinski definition) is 4. The Morgan fingerprint density at radius 3 is 2.46 bits per heavy atom. The highest BCUT2D eigenvalue weighted by atomic mass is 127. The largest absolute Gasteiger partial charge is 0.493 e. The molecule has 28 heavy (non-hydrogen) atoms. The summed E-state index contributed by atoms with van der Waals surface area (Å²) in [4.78, 5) is 26.1. The van der Waals surface area contributed by atoms with Crippen molar-refractivity contribution < 1.29 is 19.1 Å². The molecular formula is C20H18ClIN2O4. The third kappa shape index (κ3) is 4.25. The van der Waals surface area contributed by atoms with E-state index in [2.05, 4.69) is 27.9 Å². The fourth-order valence-electron chi connectivity index (χ4n) is 2.70. The number of carbonyl (C=O) groups excluding carboxylic acids is 2. The highest BCUT2D eigenvalue weighted by Gasteiger charge is 2.34. The average molecular weight is 513 g/mol. The highest BCUT2D eigenvalue weighted by Crippen LogP contribution is 2.35. The third-order valence-electron chi connectivity index (χ3n) is 3.88. The van der Waals surface area contributed by atoms with E-state index in [9.17, 15) is 9.59 Å². The molecule has 2 aromatic carbocycles. The first-order chi connectivity index (χ1) is 13.3. The van der Waals surface area contributed by atoms with E-state index >= 15 is 0 Å². The fraction of sp³-hybridized carbons (Fsp3) is 0.200. The van der Waals surface area contributed by atoms with E-state index in [4.69, 9.17) is 21.1 Å². The van der Waals surface area contributed by atoms with Gasteiger partial charge in [0.25, 0.3) is 5.91 Å². The first-order valence-corrected chi connectivity index (χ1v) is 9.92. The number of amides is 3. The summed E-state index contributed by atoms with van der Waals surface area (Å²) in [6, 6.07) is 9.59. The summed E-state index contributed by atoms with van der Waals surface area (Å²) in [6.45, 7) is 3.87. The van der Waals surface area contributed by atoms with Crippen molar-refractivity contribution in [1.82, 2.24) is 5.32 Å². The second-order valence-electron chi connectivity index (χ2n) is 6.31. The van der Waals surface area contributed by atoms with Gasteiger partial charge in [-0.15, -0.1) is 0 Å². The summed E-state index contributed by atoms with van der Waals surface area (Å²) in [5, 5.41) is 3.14. The second-order valence-corrected chi connectivity index (χ2v) is 7.90. The number of ether oxygens (including phenoxy) is 2. The predicted molar refractivity (Wildman–Crippen MR) is 117 cm³/mol. The maximum atomic E-state index is 12.7. The molecule has 6 nitrogen and oxygen atoms in total. The van der Waals surface area contributed by atoms with Gasteiger partial charge in [-0.05, 0) is 84.5 Å². The van der Waals surface area contributed by atoms with E-state index in [1.54, 1.807) is 43.5 Å². The van der Waals surface area contributed by atoms with Gasteiger partial charge in [-0.25, -0.2) is 9.69 Å². The van der Waals surface area contributed by atoms with Gasteiger partial charge in [0.1, 0.15) is 5.70 Å². The Morgan fingerprint density at radius 1 is 1.18 bits per heavy atom. The number of halogens is 2. The van der Waals surface area contributed by atoms with Crippen LogP contribution >= 0.6 is 34.2 Å². The van der Waals surface area contributed by atoms with Crippen LogP contribution in [0.3, 0.4) is 0 Å². The molecule has 0 spiro atoms. The molecule has 2 aromatic rings. The quantitative estimate of drug-likeness (QED) is 0.354. The molecule has 0 radical (unpaired) electrons. The zero-order valence-electron chi connectivity index (χ0n) is 15.5. The first kappa shape index (κ1) is 20.5. The Labute approximate surface area is 181 Å². The van der Waals surface area contributed by atoms with Gasteiger partial charge < -0.3 is 14.8 Å². The lowest BCUT2D eigenvalue weighted by Gasteiger charge is -2.16. The number of anilines is 1. The molecule has 0 bridgehead atoms. The summed E-state index contributed by atoms with van der Waals surface area (Å²) < 4.78 is 12.1. The number of imide groups is 1. The van der Waals surface area contributed by atoms with Crippen LogP contribution < -0.4 is 19.7 Å². The van der Waals surface area contributed by atoms with Crippen molar-refractivity contribution in [2.45, 2.75) is 20.0 Å². The maximum absolute atomic E-state index is 12.7. The molecule has 8 heteroatoms. The van der Waals surface area contributed by atoms with Crippen LogP contribution in [0.5, 0.6) is 11.5 Å². The van der Waals surface area contributed by atoms with Gasteiger partial charge in [-0.1, -0.05) is 11.6 Å². The number of rotatable bonds is 5. The minimum atomic E-state index is -0.514. The SMILES string of the molecule is COc1cc(/C=C2/NC(=O)N(c3ccc(Cl)cc3)C2=O)cc(I)c1OC(C)C. The smallest absolute Gasteiger partial charge is 0.333 e. The molecule has 3 amide bonds. The molecule has 0 aromatic heterocycles. The lowest BCUT2D eigenvalue weighted by molar-refractivity contribution is -0.113. The Balaban J connectivity index is 1.93. The first-order valence-electron chi connectivity index (χ1n) is 8.47. The van der Waals surface area contributed by atoms with Crippen molar-refractivity contribution in [3.05, 3.63) is 56.3 Å². The molecule has 146 valence electrons. The number of methoxy groups -OCH3 is 1. The Morgan fingerprint density at radius 2 is 1.86 bits per heavy atom. The summed E-state index contributed by atoms with van der Waals surface area (Å²) >= 11 is 8.03. The lowest BCUT2D eigenvalue weighted by Crippen LogP contribution is -2.30. The topological polar surface area (TPSA) is 67.9 Å². The molecule has 0 aliphatic carbocycles. The van der Waals surface area contributed by atoms with Gasteiger partial charge in [-0.3, -0.25) is 4.79 Å². The van der Waals surface area contributed by atoms with Gasteiger partial charge in [0, 0.05) is 5.02 Å². The lowest BCUT2D eigenvalue weighted by atomic mass is 10.1. The molecule has 1 saturated heterocycles. The van der Waals surface area contributed by atoms with Gasteiger partial charge in [-0.2, -0.15) is 0 Å². The fourth-order valence-corrected chi connectivity index (χ4v) is 3.58. The third-order valence-corrected chi connectivity index (χ3v) is 4.93. The van der Waals surface area contributed by atoms with Crippen LogP contribution in [0.2, 0.25) is 5.02 Å². The van der Waals surface area contributed by atoms with E-state index in [-0.39, 0.29) is 11.8 Å². The number of carbonyl (C=O) groups is 2. The van der Waals surface area contributed by atoms with Gasteiger partial charge >= 0.3 is 6.03 Å². The highest BCUT2D eigenvalue weighted by molar-refractivity contribution is 14.1. The van der Waals surface area contributed by atoms with Crippen molar-refractivity contribution in [2.24, 2.45) is 0 Å². The van der Waals surface area contributed by atoms with E-state index in [0.717, 1.165) is 8.47 Å². The van der Waals surface area contributed by atoms with Gasteiger partial charge in [0.15, 0.2) is 11.5 Å². The second kappa shape index (κ2) is 8.40. The van der Waals surface area contributed by atoms with Crippen LogP contribution in [0, 0.1) is 3.57 Å². The zero-order valence-corrected chi connectivity index (χ0v) is 18.4.